The second-order valence-electron chi connectivity index (χ2n) is 13.8. The van der Waals surface area contributed by atoms with Crippen molar-refractivity contribution in [2.75, 3.05) is 13.7 Å². The fourth-order valence-corrected chi connectivity index (χ4v) is 5.85. The lowest BCUT2D eigenvalue weighted by Crippen LogP contribution is -2.80. The van der Waals surface area contributed by atoms with E-state index in [4.69, 9.17) is 10.5 Å². The third-order valence-corrected chi connectivity index (χ3v) is 9.44. The van der Waals surface area contributed by atoms with Gasteiger partial charge >= 0.3 is 0 Å². The van der Waals surface area contributed by atoms with Gasteiger partial charge in [-0.1, -0.05) is 54.4 Å². The summed E-state index contributed by atoms with van der Waals surface area (Å²) in [6.45, 7) is 15.9. The van der Waals surface area contributed by atoms with Crippen molar-refractivity contribution in [1.82, 2.24) is 26.2 Å². The van der Waals surface area contributed by atoms with E-state index in [1.165, 1.54) is 39.6 Å². The Morgan fingerprint density at radius 3 is 1.87 bits per heavy atom. The lowest BCUT2D eigenvalue weighted by molar-refractivity contribution is -0.315. The van der Waals surface area contributed by atoms with Crippen LogP contribution in [0.1, 0.15) is 88.5 Å². The molecule has 0 radical (unpaired) electrons. The first-order chi connectivity index (χ1) is 21.6. The number of nitrogens with two attached hydrogens (primary N) is 1. The number of morpholine rings is 1. The third kappa shape index (κ3) is 10.1. The molecule has 272 valence electrons. The Morgan fingerprint density at radius 1 is 0.936 bits per heavy atom. The van der Waals surface area contributed by atoms with Gasteiger partial charge in [-0.2, -0.15) is 0 Å². The molecule has 1 rings (SSSR count). The molecule has 0 aliphatic carbocycles. The summed E-state index contributed by atoms with van der Waals surface area (Å²) in [5.74, 6) is -6.16. The number of amides is 5. The van der Waals surface area contributed by atoms with Gasteiger partial charge in [-0.05, 0) is 44.9 Å². The minimum absolute atomic E-state index is 0.115. The number of aliphatic hydroxyl groups is 3. The first-order valence-corrected chi connectivity index (χ1v) is 16.5. The number of likely N-dealkylation sites (N-methyl/N-ethyl adjacent to an activating group) is 1. The van der Waals surface area contributed by atoms with Crippen LogP contribution in [-0.4, -0.2) is 117 Å². The second-order valence-corrected chi connectivity index (χ2v) is 13.8. The molecule has 1 fully saturated rings. The Balaban J connectivity index is 3.42. The van der Waals surface area contributed by atoms with E-state index in [1.54, 1.807) is 6.92 Å². The van der Waals surface area contributed by atoms with Gasteiger partial charge in [0.25, 0.3) is 0 Å². The number of carbonyl (C=O) groups excluding carboxylic acids is 5. The molecule has 9 N–H and O–H groups in total. The molecule has 1 saturated heterocycles. The standard InChI is InChI=1S/C32H60N6O9/c1-12-17(5)23(35-30(45)26(18(6)13-2)38(11)21(9)41)28(43)36-24(19(7)40)29(44)34-22(14-16(3)4)32(46)31(10,15-39)37-25(27(33)42)20(8)47-32/h16-20,22-26,37,39-40,46H,12-15H2,1-11H3,(H2,33,42)(H,34,44)(H,35,45)(H,36,43)/t17-,18-,19+,20+,22-,23-,24-,25-,26-,31-,32+/m0/s1. The van der Waals surface area contributed by atoms with Crippen molar-refractivity contribution in [3.8, 4) is 0 Å². The lowest BCUT2D eigenvalue weighted by Gasteiger charge is -2.55. The van der Waals surface area contributed by atoms with Gasteiger partial charge < -0.3 is 46.6 Å². The minimum Gasteiger partial charge on any atom is -0.394 e. The maximum Gasteiger partial charge on any atom is 0.245 e. The van der Waals surface area contributed by atoms with Crippen LogP contribution in [0.15, 0.2) is 0 Å². The van der Waals surface area contributed by atoms with Gasteiger partial charge in [-0.15, -0.1) is 0 Å². The summed E-state index contributed by atoms with van der Waals surface area (Å²) in [4.78, 5) is 66.6. The molecule has 1 heterocycles. The molecule has 0 unspecified atom stereocenters. The molecule has 0 bridgehead atoms. The van der Waals surface area contributed by atoms with Crippen molar-refractivity contribution >= 4 is 29.5 Å². The van der Waals surface area contributed by atoms with E-state index in [0.717, 1.165) is 0 Å². The normalized spacial score (nSPS) is 27.4. The van der Waals surface area contributed by atoms with Crippen molar-refractivity contribution in [3.05, 3.63) is 0 Å². The van der Waals surface area contributed by atoms with Crippen LogP contribution in [0, 0.1) is 17.8 Å². The van der Waals surface area contributed by atoms with Gasteiger partial charge in [0, 0.05) is 14.0 Å². The lowest BCUT2D eigenvalue weighted by atomic mass is 9.79. The maximum absolute atomic E-state index is 13.8. The molecule has 47 heavy (non-hydrogen) atoms. The quantitative estimate of drug-likeness (QED) is 0.0950. The fraction of sp³-hybridized carbons (Fsp3) is 0.844. The van der Waals surface area contributed by atoms with Crippen LogP contribution in [0.3, 0.4) is 0 Å². The van der Waals surface area contributed by atoms with Crippen LogP contribution >= 0.6 is 0 Å². The van der Waals surface area contributed by atoms with Gasteiger partial charge in [0.2, 0.25) is 35.3 Å². The number of hydrogen-bond donors (Lipinski definition) is 8. The number of ether oxygens (including phenoxy) is 1. The summed E-state index contributed by atoms with van der Waals surface area (Å²) in [5, 5.41) is 43.9. The van der Waals surface area contributed by atoms with E-state index in [2.05, 4.69) is 21.3 Å². The largest absolute Gasteiger partial charge is 0.394 e. The van der Waals surface area contributed by atoms with E-state index < -0.39 is 89.9 Å². The first kappa shape index (κ1) is 42.2. The number of nitrogens with one attached hydrogen (secondary N) is 4. The molecule has 0 aromatic rings. The molecule has 0 saturated carbocycles. The molecular formula is C32H60N6O9. The summed E-state index contributed by atoms with van der Waals surface area (Å²) < 4.78 is 5.95. The molecule has 0 spiro atoms. The summed E-state index contributed by atoms with van der Waals surface area (Å²) in [6.07, 6.45) is -1.14. The Labute approximate surface area is 279 Å². The zero-order chi connectivity index (χ0) is 36.6. The third-order valence-electron chi connectivity index (χ3n) is 9.44. The summed E-state index contributed by atoms with van der Waals surface area (Å²) >= 11 is 0. The van der Waals surface area contributed by atoms with Crippen molar-refractivity contribution in [2.24, 2.45) is 23.5 Å². The molecular weight excluding hydrogens is 612 g/mol. The summed E-state index contributed by atoms with van der Waals surface area (Å²) in [7, 11) is 1.52. The molecule has 5 amide bonds. The van der Waals surface area contributed by atoms with Crippen molar-refractivity contribution < 1.29 is 44.0 Å². The molecule has 0 aromatic heterocycles. The number of nitrogens with zero attached hydrogens (tertiary/aromatic N) is 1. The highest BCUT2D eigenvalue weighted by Crippen LogP contribution is 2.36. The van der Waals surface area contributed by atoms with Crippen LogP contribution in [0.4, 0.5) is 0 Å². The van der Waals surface area contributed by atoms with Gasteiger partial charge in [0.15, 0.2) is 0 Å². The van der Waals surface area contributed by atoms with E-state index in [1.807, 2.05) is 34.6 Å². The maximum atomic E-state index is 13.8. The predicted molar refractivity (Wildman–Crippen MR) is 175 cm³/mol. The van der Waals surface area contributed by atoms with Crippen molar-refractivity contribution in [2.45, 2.75) is 142 Å². The van der Waals surface area contributed by atoms with Crippen LogP contribution in [-0.2, 0) is 28.7 Å². The predicted octanol–water partition coefficient (Wildman–Crippen LogP) is -0.891. The van der Waals surface area contributed by atoms with Crippen molar-refractivity contribution in [1.29, 1.82) is 0 Å². The molecule has 11 atom stereocenters. The SMILES string of the molecule is CC[C@H](C)[C@H](NC(=O)[C@H]([C@@H](C)CC)N(C)C(C)=O)C(=O)N[C@H](C(=O)N[C@@H](CC(C)C)[C@@]1(O)O[C@H](C)[C@@H](C(N)=O)N[C@@]1(C)CO)[C@@H](C)O. The van der Waals surface area contributed by atoms with E-state index in [9.17, 15) is 39.3 Å². The molecule has 15 nitrogen and oxygen atoms in total. The topological polar surface area (TPSA) is 233 Å². The number of primary amides is 1. The van der Waals surface area contributed by atoms with E-state index in [-0.39, 0.29) is 24.2 Å². The van der Waals surface area contributed by atoms with E-state index >= 15 is 0 Å². The Hall–Kier alpha value is -2.85. The number of hydrogen-bond acceptors (Lipinski definition) is 10. The average Bonchev–Trinajstić information content (AvgIpc) is 2.98. The zero-order valence-electron chi connectivity index (χ0n) is 29.9. The highest BCUT2D eigenvalue weighted by molar-refractivity contribution is 5.94. The molecule has 0 aromatic carbocycles. The van der Waals surface area contributed by atoms with Crippen LogP contribution in [0.5, 0.6) is 0 Å². The summed E-state index contributed by atoms with van der Waals surface area (Å²) in [5.41, 5.74) is 3.84. The first-order valence-electron chi connectivity index (χ1n) is 16.5. The van der Waals surface area contributed by atoms with Crippen LogP contribution in [0.25, 0.3) is 0 Å². The van der Waals surface area contributed by atoms with Gasteiger partial charge in [0.05, 0.1) is 30.4 Å². The number of carbonyl (C=O) groups is 5. The zero-order valence-corrected chi connectivity index (χ0v) is 29.9. The minimum atomic E-state index is -2.26. The van der Waals surface area contributed by atoms with Crippen LogP contribution in [0.2, 0.25) is 0 Å². The van der Waals surface area contributed by atoms with E-state index in [0.29, 0.717) is 12.8 Å². The Morgan fingerprint density at radius 2 is 1.45 bits per heavy atom. The molecule has 1 aliphatic rings. The number of aliphatic hydroxyl groups excluding tert-OH is 2. The Bertz CT molecular complexity index is 1110. The summed E-state index contributed by atoms with van der Waals surface area (Å²) in [6, 6.07) is -5.72. The smallest absolute Gasteiger partial charge is 0.245 e. The van der Waals surface area contributed by atoms with Gasteiger partial charge in [-0.25, -0.2) is 0 Å². The van der Waals surface area contributed by atoms with Crippen LogP contribution < -0.4 is 27.0 Å². The highest BCUT2D eigenvalue weighted by atomic mass is 16.6. The van der Waals surface area contributed by atoms with Gasteiger partial charge in [0.1, 0.15) is 24.2 Å². The van der Waals surface area contributed by atoms with Crippen molar-refractivity contribution in [3.63, 3.8) is 0 Å². The fourth-order valence-electron chi connectivity index (χ4n) is 5.85. The Kier molecular flexibility index (Phi) is 15.7. The molecule has 15 heteroatoms. The number of rotatable bonds is 17. The van der Waals surface area contributed by atoms with Gasteiger partial charge in [-0.3, -0.25) is 29.3 Å². The average molecular weight is 673 g/mol. The monoisotopic (exact) mass is 672 g/mol. The molecule has 1 aliphatic heterocycles. The second kappa shape index (κ2) is 17.5. The highest BCUT2D eigenvalue weighted by Gasteiger charge is 2.60.